The summed E-state index contributed by atoms with van der Waals surface area (Å²) in [5.41, 5.74) is 3.42. The topological polar surface area (TPSA) is 74.5 Å². The van der Waals surface area contributed by atoms with E-state index in [4.69, 9.17) is 10.00 Å². The smallest absolute Gasteiger partial charge is 0.271 e. The maximum atomic E-state index is 12.7. The number of benzene rings is 2. The van der Waals surface area contributed by atoms with Crippen molar-refractivity contribution in [2.45, 2.75) is 0 Å². The van der Waals surface area contributed by atoms with E-state index in [1.165, 1.54) is 30.5 Å². The summed E-state index contributed by atoms with van der Waals surface area (Å²) in [6.45, 7) is -0.0127. The Balaban J connectivity index is 1.90. The van der Waals surface area contributed by atoms with Gasteiger partial charge in [0.05, 0.1) is 6.21 Å². The number of nitrogens with zero attached hydrogens (tertiary/aromatic N) is 2. The van der Waals surface area contributed by atoms with Gasteiger partial charge in [-0.15, -0.1) is 0 Å². The van der Waals surface area contributed by atoms with Gasteiger partial charge in [0.15, 0.2) is 6.61 Å². The highest BCUT2D eigenvalue weighted by molar-refractivity contribution is 5.94. The molecule has 2 aromatic carbocycles. The highest BCUT2D eigenvalue weighted by atomic mass is 19.1. The first-order chi connectivity index (χ1) is 10.7. The summed E-state index contributed by atoms with van der Waals surface area (Å²) in [6, 6.07) is 13.9. The summed E-state index contributed by atoms with van der Waals surface area (Å²) in [7, 11) is 0. The molecule has 0 spiro atoms. The van der Waals surface area contributed by atoms with Crippen LogP contribution in [0.4, 0.5) is 4.39 Å². The van der Waals surface area contributed by atoms with Crippen molar-refractivity contribution in [2.24, 2.45) is 5.10 Å². The molecular formula is C16H12FN3O2. The van der Waals surface area contributed by atoms with Gasteiger partial charge in [-0.25, -0.2) is 9.82 Å². The Bertz CT molecular complexity index is 704. The fourth-order valence-electron chi connectivity index (χ4n) is 1.60. The molecule has 0 fully saturated rings. The van der Waals surface area contributed by atoms with Crippen molar-refractivity contribution in [3.63, 3.8) is 0 Å². The molecule has 0 bridgehead atoms. The normalized spacial score (nSPS) is 10.2. The van der Waals surface area contributed by atoms with Crippen molar-refractivity contribution in [3.05, 3.63) is 65.5 Å². The lowest BCUT2D eigenvalue weighted by atomic mass is 10.2. The van der Waals surface area contributed by atoms with Crippen molar-refractivity contribution in [3.8, 4) is 11.8 Å². The Morgan fingerprint density at radius 3 is 2.55 bits per heavy atom. The Morgan fingerprint density at radius 2 is 1.91 bits per heavy atom. The zero-order chi connectivity index (χ0) is 15.8. The number of nitrogens with one attached hydrogen (secondary N) is 1. The molecule has 110 valence electrons. The van der Waals surface area contributed by atoms with Crippen LogP contribution in [0.1, 0.15) is 15.9 Å². The first kappa shape index (κ1) is 15.2. The Morgan fingerprint density at radius 1 is 1.23 bits per heavy atom. The van der Waals surface area contributed by atoms with Crippen LogP contribution in [0.5, 0.6) is 5.75 Å². The number of hydrogen-bond acceptors (Lipinski definition) is 4. The molecule has 2 aromatic rings. The summed E-state index contributed by atoms with van der Waals surface area (Å²) in [5.74, 6) is -0.252. The second-order valence-corrected chi connectivity index (χ2v) is 4.22. The highest BCUT2D eigenvalue weighted by Gasteiger charge is 2.03. The Kier molecular flexibility index (Phi) is 5.21. The van der Waals surface area contributed by atoms with Crippen LogP contribution >= 0.6 is 0 Å². The van der Waals surface area contributed by atoms with Crippen LogP contribution in [0.3, 0.4) is 0 Å². The fraction of sp³-hybridized carbons (Fsp3) is 0.0625. The van der Waals surface area contributed by atoms with Crippen molar-refractivity contribution >= 4 is 12.1 Å². The predicted molar refractivity (Wildman–Crippen MR) is 79.0 cm³/mol. The number of rotatable bonds is 5. The van der Waals surface area contributed by atoms with Gasteiger partial charge in [0, 0.05) is 5.56 Å². The minimum absolute atomic E-state index is 0.0127. The second kappa shape index (κ2) is 7.55. The van der Waals surface area contributed by atoms with E-state index >= 15 is 0 Å². The summed E-state index contributed by atoms with van der Waals surface area (Å²) in [5, 5.41) is 12.2. The molecule has 0 atom stereocenters. The van der Waals surface area contributed by atoms with E-state index in [1.54, 1.807) is 24.3 Å². The van der Waals surface area contributed by atoms with Gasteiger partial charge in [-0.2, -0.15) is 10.4 Å². The van der Waals surface area contributed by atoms with Crippen LogP contribution in [0.2, 0.25) is 0 Å². The number of carbonyl (C=O) groups excluding carboxylic acids is 1. The van der Waals surface area contributed by atoms with Gasteiger partial charge in [0.1, 0.15) is 17.6 Å². The predicted octanol–water partition coefficient (Wildman–Crippen LogP) is 2.49. The van der Waals surface area contributed by atoms with Crippen LogP contribution in [0, 0.1) is 17.1 Å². The van der Waals surface area contributed by atoms with E-state index in [0.717, 1.165) is 5.56 Å². The van der Waals surface area contributed by atoms with E-state index < -0.39 is 11.7 Å². The number of hydrogen-bond donors (Lipinski definition) is 1. The van der Waals surface area contributed by atoms with Crippen LogP contribution in [0.25, 0.3) is 0 Å². The number of carbonyl (C=O) groups is 1. The van der Waals surface area contributed by atoms with Crippen LogP contribution in [-0.4, -0.2) is 18.7 Å². The number of hydrazone groups is 1. The van der Waals surface area contributed by atoms with E-state index in [1.807, 2.05) is 6.07 Å². The minimum atomic E-state index is -0.426. The maximum absolute atomic E-state index is 12.7. The molecule has 1 amide bonds. The third-order valence-electron chi connectivity index (χ3n) is 2.67. The summed E-state index contributed by atoms with van der Waals surface area (Å²) < 4.78 is 17.9. The quantitative estimate of drug-likeness (QED) is 0.680. The van der Waals surface area contributed by atoms with Crippen LogP contribution < -0.4 is 10.2 Å². The SMILES string of the molecule is N#CCOc1ccc(C=NNC(=O)c2ccc(F)cc2)cc1. The Labute approximate surface area is 126 Å². The molecule has 5 nitrogen and oxygen atoms in total. The first-order valence-electron chi connectivity index (χ1n) is 6.38. The summed E-state index contributed by atoms with van der Waals surface area (Å²) in [4.78, 5) is 11.7. The van der Waals surface area contributed by atoms with Crippen molar-refractivity contribution in [2.75, 3.05) is 6.61 Å². The van der Waals surface area contributed by atoms with Crippen molar-refractivity contribution in [1.82, 2.24) is 5.43 Å². The third-order valence-corrected chi connectivity index (χ3v) is 2.67. The van der Waals surface area contributed by atoms with E-state index in [9.17, 15) is 9.18 Å². The largest absolute Gasteiger partial charge is 0.479 e. The molecule has 22 heavy (non-hydrogen) atoms. The molecular weight excluding hydrogens is 285 g/mol. The van der Waals surface area contributed by atoms with Crippen molar-refractivity contribution in [1.29, 1.82) is 5.26 Å². The third kappa shape index (κ3) is 4.42. The molecule has 6 heteroatoms. The number of halogens is 1. The molecule has 0 aromatic heterocycles. The van der Waals surface area contributed by atoms with Crippen LogP contribution in [0.15, 0.2) is 53.6 Å². The maximum Gasteiger partial charge on any atom is 0.271 e. The molecule has 0 heterocycles. The molecule has 0 saturated carbocycles. The number of ether oxygens (including phenoxy) is 1. The molecule has 2 rings (SSSR count). The number of amides is 1. The molecule has 1 N–H and O–H groups in total. The molecule has 0 aliphatic rings. The van der Waals surface area contributed by atoms with Crippen LogP contribution in [-0.2, 0) is 0 Å². The highest BCUT2D eigenvalue weighted by Crippen LogP contribution is 2.10. The van der Waals surface area contributed by atoms with Gasteiger partial charge in [0.25, 0.3) is 5.91 Å². The monoisotopic (exact) mass is 297 g/mol. The molecule has 0 saturated heterocycles. The zero-order valence-corrected chi connectivity index (χ0v) is 11.5. The van der Waals surface area contributed by atoms with Gasteiger partial charge >= 0.3 is 0 Å². The lowest BCUT2D eigenvalue weighted by molar-refractivity contribution is 0.0955. The van der Waals surface area contributed by atoms with E-state index in [-0.39, 0.29) is 6.61 Å². The standard InChI is InChI=1S/C16H12FN3O2/c17-14-5-3-13(4-6-14)16(21)20-19-11-12-1-7-15(8-2-12)22-10-9-18/h1-8,11H,10H2,(H,20,21). The van der Waals surface area contributed by atoms with E-state index in [0.29, 0.717) is 11.3 Å². The lowest BCUT2D eigenvalue weighted by Crippen LogP contribution is -2.17. The minimum Gasteiger partial charge on any atom is -0.479 e. The van der Waals surface area contributed by atoms with Gasteiger partial charge in [-0.05, 0) is 54.1 Å². The lowest BCUT2D eigenvalue weighted by Gasteiger charge is -2.01. The zero-order valence-electron chi connectivity index (χ0n) is 11.5. The average Bonchev–Trinajstić information content (AvgIpc) is 2.54. The van der Waals surface area contributed by atoms with Gasteiger partial charge in [-0.1, -0.05) is 0 Å². The molecule has 0 radical (unpaired) electrons. The first-order valence-corrected chi connectivity index (χ1v) is 6.38. The molecule has 0 aliphatic carbocycles. The van der Waals surface area contributed by atoms with E-state index in [2.05, 4.69) is 10.5 Å². The molecule has 0 aliphatic heterocycles. The second-order valence-electron chi connectivity index (χ2n) is 4.22. The average molecular weight is 297 g/mol. The summed E-state index contributed by atoms with van der Waals surface area (Å²) in [6.07, 6.45) is 1.47. The Hall–Kier alpha value is -3.20. The van der Waals surface area contributed by atoms with Gasteiger partial charge < -0.3 is 4.74 Å². The number of nitriles is 1. The van der Waals surface area contributed by atoms with Crippen molar-refractivity contribution < 1.29 is 13.9 Å². The summed E-state index contributed by atoms with van der Waals surface area (Å²) >= 11 is 0. The fourth-order valence-corrected chi connectivity index (χ4v) is 1.60. The van der Waals surface area contributed by atoms with Gasteiger partial charge in [-0.3, -0.25) is 4.79 Å². The van der Waals surface area contributed by atoms with Gasteiger partial charge in [0.2, 0.25) is 0 Å². The molecule has 0 unspecified atom stereocenters.